The van der Waals surface area contributed by atoms with Gasteiger partial charge in [-0.2, -0.15) is 0 Å². The van der Waals surface area contributed by atoms with E-state index in [4.69, 9.17) is 9.15 Å². The Bertz CT molecular complexity index is 701. The van der Waals surface area contributed by atoms with Crippen LogP contribution in [0.1, 0.15) is 86.5 Å². The van der Waals surface area contributed by atoms with Crippen LogP contribution in [0.5, 0.6) is 0 Å². The first-order valence-corrected chi connectivity index (χ1v) is 11.6. The van der Waals surface area contributed by atoms with Gasteiger partial charge in [0.25, 0.3) is 0 Å². The van der Waals surface area contributed by atoms with Crippen LogP contribution in [0, 0.1) is 5.92 Å². The van der Waals surface area contributed by atoms with Crippen LogP contribution in [0.4, 0.5) is 4.79 Å². The van der Waals surface area contributed by atoms with Crippen LogP contribution in [0.25, 0.3) is 0 Å². The molecule has 1 N–H and O–H groups in total. The molecule has 6 nitrogen and oxygen atoms in total. The molecule has 2 rings (SSSR count). The molecule has 166 valence electrons. The van der Waals surface area contributed by atoms with Gasteiger partial charge in [-0.1, -0.05) is 0 Å². The summed E-state index contributed by atoms with van der Waals surface area (Å²) in [5, 5.41) is 0. The summed E-state index contributed by atoms with van der Waals surface area (Å²) in [5.41, 5.74) is -0.745. The fourth-order valence-corrected chi connectivity index (χ4v) is 4.52. The summed E-state index contributed by atoms with van der Waals surface area (Å²) in [4.78, 5) is 14.5. The molecule has 0 radical (unpaired) electrons. The molecular weight excluding hydrogens is 388 g/mol. The first kappa shape index (κ1) is 23.9. The average Bonchev–Trinajstić information content (AvgIpc) is 3.15. The molecule has 29 heavy (non-hydrogen) atoms. The summed E-state index contributed by atoms with van der Waals surface area (Å²) in [6, 6.07) is 3.65. The van der Waals surface area contributed by atoms with E-state index in [-0.39, 0.29) is 22.4 Å². The van der Waals surface area contributed by atoms with Gasteiger partial charge in [-0.3, -0.25) is 0 Å². The van der Waals surface area contributed by atoms with Gasteiger partial charge in [0, 0.05) is 12.1 Å². The van der Waals surface area contributed by atoms with Crippen molar-refractivity contribution < 1.29 is 18.2 Å². The lowest BCUT2D eigenvalue weighted by atomic mass is 9.92. The Morgan fingerprint density at radius 2 is 2.00 bits per heavy atom. The summed E-state index contributed by atoms with van der Waals surface area (Å²) in [5.74, 6) is 1.16. The minimum Gasteiger partial charge on any atom is -0.468 e. The minimum absolute atomic E-state index is 0.122. The monoisotopic (exact) mass is 426 g/mol. The second-order valence-electron chi connectivity index (χ2n) is 10.6. The van der Waals surface area contributed by atoms with Crippen molar-refractivity contribution >= 4 is 17.1 Å². The van der Waals surface area contributed by atoms with Crippen molar-refractivity contribution in [3.05, 3.63) is 24.2 Å². The smallest absolute Gasteiger partial charge is 0.410 e. The van der Waals surface area contributed by atoms with Crippen molar-refractivity contribution in [2.75, 3.05) is 6.54 Å². The summed E-state index contributed by atoms with van der Waals surface area (Å²) >= 11 is 0. The fourth-order valence-electron chi connectivity index (χ4n) is 3.68. The highest BCUT2D eigenvalue weighted by Crippen LogP contribution is 2.37. The van der Waals surface area contributed by atoms with Gasteiger partial charge in [0.2, 0.25) is 0 Å². The van der Waals surface area contributed by atoms with Gasteiger partial charge < -0.3 is 14.1 Å². The third-order valence-electron chi connectivity index (χ3n) is 5.13. The van der Waals surface area contributed by atoms with Gasteiger partial charge >= 0.3 is 6.09 Å². The fraction of sp³-hybridized carbons (Fsp3) is 0.773. The molecule has 2 unspecified atom stereocenters. The molecule has 1 saturated heterocycles. The zero-order chi connectivity index (χ0) is 22.0. The first-order valence-electron chi connectivity index (χ1n) is 10.4. The number of hydrogen-bond donors (Lipinski definition) is 1. The number of carbonyl (C=O) groups excluding carboxylic acids is 1. The topological polar surface area (TPSA) is 71.8 Å². The Kier molecular flexibility index (Phi) is 7.26. The second kappa shape index (κ2) is 8.80. The van der Waals surface area contributed by atoms with E-state index in [1.54, 1.807) is 6.26 Å². The number of carbonyl (C=O) groups is 1. The van der Waals surface area contributed by atoms with E-state index in [9.17, 15) is 9.00 Å². The molecule has 0 aliphatic carbocycles. The van der Waals surface area contributed by atoms with Crippen LogP contribution in [0.15, 0.2) is 22.8 Å². The molecule has 1 aliphatic heterocycles. The van der Waals surface area contributed by atoms with Gasteiger partial charge in [0.1, 0.15) is 11.4 Å². The Morgan fingerprint density at radius 3 is 2.52 bits per heavy atom. The predicted octanol–water partition coefficient (Wildman–Crippen LogP) is 5.19. The van der Waals surface area contributed by atoms with Crippen molar-refractivity contribution in [2.24, 2.45) is 5.92 Å². The molecule has 1 aliphatic rings. The van der Waals surface area contributed by atoms with Gasteiger partial charge in [-0.15, -0.1) is 0 Å². The first-order chi connectivity index (χ1) is 13.2. The molecular formula is C22H38N2O4S. The van der Waals surface area contributed by atoms with Crippen molar-refractivity contribution in [2.45, 2.75) is 96.6 Å². The van der Waals surface area contributed by atoms with E-state index in [1.165, 1.54) is 0 Å². The maximum absolute atomic E-state index is 12.6. The average molecular weight is 427 g/mol. The molecule has 1 amide bonds. The van der Waals surface area contributed by atoms with Crippen LogP contribution in [0.2, 0.25) is 0 Å². The van der Waals surface area contributed by atoms with Crippen LogP contribution in [-0.2, 0) is 15.7 Å². The van der Waals surface area contributed by atoms with Crippen molar-refractivity contribution in [3.8, 4) is 0 Å². The molecule has 0 saturated carbocycles. The van der Waals surface area contributed by atoms with E-state index in [1.807, 2.05) is 58.6 Å². The summed E-state index contributed by atoms with van der Waals surface area (Å²) in [6.45, 7) is 16.4. The van der Waals surface area contributed by atoms with E-state index in [0.29, 0.717) is 12.5 Å². The Morgan fingerprint density at radius 1 is 1.34 bits per heavy atom. The van der Waals surface area contributed by atoms with Crippen LogP contribution >= 0.6 is 0 Å². The number of likely N-dealkylation sites (tertiary alicyclic amines) is 1. The van der Waals surface area contributed by atoms with Crippen LogP contribution in [-0.4, -0.2) is 37.6 Å². The van der Waals surface area contributed by atoms with E-state index in [0.717, 1.165) is 25.0 Å². The van der Waals surface area contributed by atoms with Crippen molar-refractivity contribution in [1.29, 1.82) is 0 Å². The summed E-state index contributed by atoms with van der Waals surface area (Å²) in [7, 11) is -1.19. The second-order valence-corrected chi connectivity index (χ2v) is 12.6. The van der Waals surface area contributed by atoms with Crippen LogP contribution in [0.3, 0.4) is 0 Å². The highest BCUT2D eigenvalue weighted by atomic mass is 32.2. The number of nitrogens with one attached hydrogen (secondary N) is 1. The van der Waals surface area contributed by atoms with Crippen molar-refractivity contribution in [3.63, 3.8) is 0 Å². The SMILES string of the molecule is CC(C)(C)OC(=O)N1C[C@@H](CCC(NS(=O)C(C)(C)C)c2ccco2)CC1(C)C. The number of hydrogen-bond acceptors (Lipinski definition) is 4. The number of ether oxygens (including phenoxy) is 1. The Hall–Kier alpha value is -1.34. The lowest BCUT2D eigenvalue weighted by Crippen LogP contribution is -2.45. The third-order valence-corrected chi connectivity index (χ3v) is 6.74. The lowest BCUT2D eigenvalue weighted by Gasteiger charge is -2.33. The molecule has 0 bridgehead atoms. The maximum Gasteiger partial charge on any atom is 0.410 e. The third kappa shape index (κ3) is 6.85. The lowest BCUT2D eigenvalue weighted by molar-refractivity contribution is 0.0130. The largest absolute Gasteiger partial charge is 0.468 e. The number of amides is 1. The molecule has 0 spiro atoms. The summed E-state index contributed by atoms with van der Waals surface area (Å²) < 4.78 is 26.7. The molecule has 1 fully saturated rings. The highest BCUT2D eigenvalue weighted by Gasteiger charge is 2.43. The molecule has 0 aromatic carbocycles. The normalized spacial score (nSPS) is 21.8. The molecule has 2 heterocycles. The highest BCUT2D eigenvalue weighted by molar-refractivity contribution is 7.84. The standard InChI is InChI=1S/C22H38N2O4S/c1-20(2,3)28-19(25)24-15-16(14-22(24,7)8)11-12-17(18-10-9-13-27-18)23-29(26)21(4,5)6/h9-10,13,16-17,23H,11-12,14-15H2,1-8H3/t16-,17?,29?/m0/s1. The van der Waals surface area contributed by atoms with Gasteiger partial charge in [0.15, 0.2) is 0 Å². The van der Waals surface area contributed by atoms with Gasteiger partial charge in [-0.25, -0.2) is 13.7 Å². The molecule has 1 aromatic heterocycles. The zero-order valence-electron chi connectivity index (χ0n) is 19.2. The van der Waals surface area contributed by atoms with Gasteiger partial charge in [0.05, 0.1) is 28.0 Å². The van der Waals surface area contributed by atoms with E-state index >= 15 is 0 Å². The quantitative estimate of drug-likeness (QED) is 0.679. The predicted molar refractivity (Wildman–Crippen MR) is 117 cm³/mol. The number of rotatable bonds is 6. The molecule has 7 heteroatoms. The Balaban J connectivity index is 2.02. The number of furan rings is 1. The maximum atomic E-state index is 12.6. The Labute approximate surface area is 178 Å². The van der Waals surface area contributed by atoms with E-state index < -0.39 is 16.6 Å². The zero-order valence-corrected chi connectivity index (χ0v) is 20.0. The van der Waals surface area contributed by atoms with Crippen molar-refractivity contribution in [1.82, 2.24) is 9.62 Å². The van der Waals surface area contributed by atoms with Crippen LogP contribution < -0.4 is 4.72 Å². The van der Waals surface area contributed by atoms with Gasteiger partial charge in [-0.05, 0) is 92.7 Å². The molecule has 1 aromatic rings. The summed E-state index contributed by atoms with van der Waals surface area (Å²) in [6.07, 6.45) is 4.01. The van der Waals surface area contributed by atoms with E-state index in [2.05, 4.69) is 18.6 Å². The number of nitrogens with zero attached hydrogens (tertiary/aromatic N) is 1. The minimum atomic E-state index is -1.19. The molecule has 3 atom stereocenters.